The van der Waals surface area contributed by atoms with E-state index in [9.17, 15) is 14.9 Å². The molecule has 0 aromatic heterocycles. The van der Waals surface area contributed by atoms with E-state index in [1.807, 2.05) is 0 Å². The number of nitro groups is 1. The summed E-state index contributed by atoms with van der Waals surface area (Å²) in [5.41, 5.74) is -0.212. The van der Waals surface area contributed by atoms with Gasteiger partial charge in [0.05, 0.1) is 25.2 Å². The van der Waals surface area contributed by atoms with Crippen LogP contribution in [0.4, 0.5) is 5.69 Å². The summed E-state index contributed by atoms with van der Waals surface area (Å²) < 4.78 is 10.2. The van der Waals surface area contributed by atoms with Crippen molar-refractivity contribution < 1.29 is 19.2 Å². The first-order chi connectivity index (χ1) is 10.6. The van der Waals surface area contributed by atoms with Crippen LogP contribution in [0.5, 0.6) is 11.5 Å². The predicted molar refractivity (Wildman–Crippen MR) is 80.6 cm³/mol. The number of hydrogen-bond donors (Lipinski definition) is 0. The van der Waals surface area contributed by atoms with Crippen molar-refractivity contribution in [2.45, 2.75) is 25.7 Å². The number of benzene rings is 1. The molecule has 0 unspecified atom stereocenters. The number of rotatable bonds is 4. The molecule has 0 radical (unpaired) electrons. The highest BCUT2D eigenvalue weighted by Gasteiger charge is 2.28. The number of nitrogens with zero attached hydrogens (tertiary/aromatic N) is 2. The first-order valence-electron chi connectivity index (χ1n) is 7.28. The second kappa shape index (κ2) is 7.11. The Morgan fingerprint density at radius 3 is 2.14 bits per heavy atom. The summed E-state index contributed by atoms with van der Waals surface area (Å²) in [6, 6.07) is 2.63. The second-order valence-electron chi connectivity index (χ2n) is 5.19. The van der Waals surface area contributed by atoms with Gasteiger partial charge >= 0.3 is 0 Å². The number of amides is 1. The predicted octanol–water partition coefficient (Wildman–Crippen LogP) is 2.63. The van der Waals surface area contributed by atoms with Crippen LogP contribution < -0.4 is 9.47 Å². The van der Waals surface area contributed by atoms with E-state index >= 15 is 0 Å². The molecule has 22 heavy (non-hydrogen) atoms. The van der Waals surface area contributed by atoms with E-state index in [-0.39, 0.29) is 22.9 Å². The van der Waals surface area contributed by atoms with Crippen molar-refractivity contribution in [2.24, 2.45) is 0 Å². The summed E-state index contributed by atoms with van der Waals surface area (Å²) in [7, 11) is 2.84. The maximum absolute atomic E-state index is 12.7. The molecule has 1 amide bonds. The number of ether oxygens (including phenoxy) is 2. The third-order valence-corrected chi connectivity index (χ3v) is 3.82. The lowest BCUT2D eigenvalue weighted by Crippen LogP contribution is -2.32. The van der Waals surface area contributed by atoms with Crippen LogP contribution in [0.3, 0.4) is 0 Å². The second-order valence-corrected chi connectivity index (χ2v) is 5.19. The molecule has 1 saturated heterocycles. The fourth-order valence-electron chi connectivity index (χ4n) is 2.63. The van der Waals surface area contributed by atoms with Gasteiger partial charge in [-0.2, -0.15) is 0 Å². The van der Waals surface area contributed by atoms with Crippen molar-refractivity contribution in [1.29, 1.82) is 0 Å². The Bertz CT molecular complexity index is 565. The average Bonchev–Trinajstić information content (AvgIpc) is 2.81. The third-order valence-electron chi connectivity index (χ3n) is 3.82. The first-order valence-corrected chi connectivity index (χ1v) is 7.28. The van der Waals surface area contributed by atoms with Gasteiger partial charge in [0.25, 0.3) is 11.6 Å². The molecule has 0 bridgehead atoms. The molecular weight excluding hydrogens is 288 g/mol. The molecule has 120 valence electrons. The van der Waals surface area contributed by atoms with Gasteiger partial charge in [-0.05, 0) is 12.8 Å². The molecule has 0 spiro atoms. The monoisotopic (exact) mass is 308 g/mol. The minimum Gasteiger partial charge on any atom is -0.493 e. The third kappa shape index (κ3) is 3.29. The van der Waals surface area contributed by atoms with Crippen molar-refractivity contribution in [1.82, 2.24) is 4.90 Å². The maximum Gasteiger partial charge on any atom is 0.286 e. The summed E-state index contributed by atoms with van der Waals surface area (Å²) in [5.74, 6) is 0.224. The Morgan fingerprint density at radius 1 is 1.09 bits per heavy atom. The van der Waals surface area contributed by atoms with Gasteiger partial charge in [0.2, 0.25) is 0 Å². The van der Waals surface area contributed by atoms with Crippen LogP contribution in [-0.4, -0.2) is 43.0 Å². The lowest BCUT2D eigenvalue weighted by Gasteiger charge is -2.20. The zero-order valence-corrected chi connectivity index (χ0v) is 12.8. The number of carbonyl (C=O) groups is 1. The Morgan fingerprint density at radius 2 is 1.64 bits per heavy atom. The van der Waals surface area contributed by atoms with E-state index in [0.29, 0.717) is 18.8 Å². The summed E-state index contributed by atoms with van der Waals surface area (Å²) >= 11 is 0. The van der Waals surface area contributed by atoms with Crippen LogP contribution in [0.15, 0.2) is 12.1 Å². The minimum absolute atomic E-state index is 0.0459. The molecule has 1 fully saturated rings. The van der Waals surface area contributed by atoms with Crippen molar-refractivity contribution in [3.05, 3.63) is 27.8 Å². The van der Waals surface area contributed by atoms with Crippen molar-refractivity contribution in [3.63, 3.8) is 0 Å². The molecule has 1 heterocycles. The van der Waals surface area contributed by atoms with Gasteiger partial charge in [-0.3, -0.25) is 14.9 Å². The number of methoxy groups -OCH3 is 2. The topological polar surface area (TPSA) is 81.9 Å². The fourth-order valence-corrected chi connectivity index (χ4v) is 2.63. The van der Waals surface area contributed by atoms with Crippen LogP contribution in [-0.2, 0) is 0 Å². The molecule has 7 nitrogen and oxygen atoms in total. The Kier molecular flexibility index (Phi) is 5.19. The molecule has 1 aromatic carbocycles. The SMILES string of the molecule is COc1cc(C(=O)N2CCCCCC2)c([N+](=O)[O-])cc1OC. The van der Waals surface area contributed by atoms with Gasteiger partial charge in [-0.15, -0.1) is 0 Å². The van der Waals surface area contributed by atoms with Crippen LogP contribution in [0.1, 0.15) is 36.0 Å². The highest BCUT2D eigenvalue weighted by molar-refractivity contribution is 5.99. The van der Waals surface area contributed by atoms with Gasteiger partial charge in [0.1, 0.15) is 5.56 Å². The van der Waals surface area contributed by atoms with Gasteiger partial charge < -0.3 is 14.4 Å². The Hall–Kier alpha value is -2.31. The normalized spacial score (nSPS) is 15.1. The van der Waals surface area contributed by atoms with Crippen LogP contribution in [0.2, 0.25) is 0 Å². The zero-order valence-electron chi connectivity index (χ0n) is 12.8. The Labute approximate surface area is 129 Å². The zero-order chi connectivity index (χ0) is 16.1. The summed E-state index contributed by atoms with van der Waals surface area (Å²) in [6.07, 6.45) is 4.01. The number of hydrogen-bond acceptors (Lipinski definition) is 5. The maximum atomic E-state index is 12.7. The van der Waals surface area contributed by atoms with E-state index in [1.54, 1.807) is 4.90 Å². The average molecular weight is 308 g/mol. The van der Waals surface area contributed by atoms with Crippen molar-refractivity contribution >= 4 is 11.6 Å². The highest BCUT2D eigenvalue weighted by Crippen LogP contribution is 2.35. The molecule has 0 N–H and O–H groups in total. The van der Waals surface area contributed by atoms with E-state index in [1.165, 1.54) is 26.4 Å². The lowest BCUT2D eigenvalue weighted by molar-refractivity contribution is -0.385. The standard InChI is InChI=1S/C15H20N2O5/c1-21-13-9-11(12(17(19)20)10-14(13)22-2)15(18)16-7-5-3-4-6-8-16/h9-10H,3-8H2,1-2H3. The van der Waals surface area contributed by atoms with E-state index in [4.69, 9.17) is 9.47 Å². The fraction of sp³-hybridized carbons (Fsp3) is 0.533. The molecule has 0 saturated carbocycles. The van der Waals surface area contributed by atoms with E-state index < -0.39 is 4.92 Å². The number of carbonyl (C=O) groups excluding carboxylic acids is 1. The molecule has 0 atom stereocenters. The molecule has 0 aliphatic carbocycles. The molecule has 7 heteroatoms. The van der Waals surface area contributed by atoms with Crippen LogP contribution in [0, 0.1) is 10.1 Å². The lowest BCUT2D eigenvalue weighted by atomic mass is 10.1. The van der Waals surface area contributed by atoms with E-state index in [0.717, 1.165) is 25.7 Å². The molecule has 1 aliphatic heterocycles. The smallest absolute Gasteiger partial charge is 0.286 e. The minimum atomic E-state index is -0.562. The van der Waals surface area contributed by atoms with Crippen LogP contribution >= 0.6 is 0 Å². The highest BCUT2D eigenvalue weighted by atomic mass is 16.6. The summed E-state index contributed by atoms with van der Waals surface area (Å²) in [6.45, 7) is 1.26. The molecule has 2 rings (SSSR count). The molecule has 1 aliphatic rings. The van der Waals surface area contributed by atoms with Gasteiger partial charge in [0.15, 0.2) is 11.5 Å². The quantitative estimate of drug-likeness (QED) is 0.631. The summed E-state index contributed by atoms with van der Waals surface area (Å²) in [5, 5.41) is 11.3. The Balaban J connectivity index is 2.42. The summed E-state index contributed by atoms with van der Waals surface area (Å²) in [4.78, 5) is 25.1. The number of likely N-dealkylation sites (tertiary alicyclic amines) is 1. The first kappa shape index (κ1) is 16.1. The largest absolute Gasteiger partial charge is 0.493 e. The molecule has 1 aromatic rings. The molecular formula is C15H20N2O5. The van der Waals surface area contributed by atoms with Crippen molar-refractivity contribution in [3.8, 4) is 11.5 Å². The van der Waals surface area contributed by atoms with Crippen LogP contribution in [0.25, 0.3) is 0 Å². The van der Waals surface area contributed by atoms with Crippen molar-refractivity contribution in [2.75, 3.05) is 27.3 Å². The van der Waals surface area contributed by atoms with Gasteiger partial charge in [-0.1, -0.05) is 12.8 Å². The number of nitro benzene ring substituents is 1. The van der Waals surface area contributed by atoms with Gasteiger partial charge in [-0.25, -0.2) is 0 Å². The van der Waals surface area contributed by atoms with E-state index in [2.05, 4.69) is 0 Å². The van der Waals surface area contributed by atoms with Gasteiger partial charge in [0, 0.05) is 19.2 Å².